The van der Waals surface area contributed by atoms with Crippen LogP contribution in [0.1, 0.15) is 35.3 Å². The third kappa shape index (κ3) is 4.20. The Labute approximate surface area is 120 Å². The molecular formula is C15H24N4O. The molecule has 2 rings (SSSR count). The van der Waals surface area contributed by atoms with Gasteiger partial charge in [-0.1, -0.05) is 0 Å². The van der Waals surface area contributed by atoms with Crippen LogP contribution >= 0.6 is 0 Å². The predicted molar refractivity (Wildman–Crippen MR) is 81.1 cm³/mol. The van der Waals surface area contributed by atoms with Crippen LogP contribution in [-0.2, 0) is 0 Å². The maximum atomic E-state index is 12.1. The number of amides is 1. The molecule has 1 amide bonds. The summed E-state index contributed by atoms with van der Waals surface area (Å²) in [6.07, 6.45) is 3.64. The fourth-order valence-corrected chi connectivity index (χ4v) is 2.54. The van der Waals surface area contributed by atoms with Crippen LogP contribution in [-0.4, -0.2) is 49.0 Å². The number of carbonyl (C=O) groups is 1. The molecule has 0 bridgehead atoms. The van der Waals surface area contributed by atoms with Crippen molar-refractivity contribution in [1.29, 1.82) is 0 Å². The van der Waals surface area contributed by atoms with Gasteiger partial charge in [-0.25, -0.2) is 4.98 Å². The summed E-state index contributed by atoms with van der Waals surface area (Å²) in [6, 6.07) is 3.60. The van der Waals surface area contributed by atoms with Gasteiger partial charge in [-0.05, 0) is 58.0 Å². The van der Waals surface area contributed by atoms with Crippen LogP contribution < -0.4 is 10.6 Å². The van der Waals surface area contributed by atoms with Crippen molar-refractivity contribution in [3.05, 3.63) is 23.4 Å². The zero-order chi connectivity index (χ0) is 14.4. The summed E-state index contributed by atoms with van der Waals surface area (Å²) in [5, 5.41) is 5.95. The molecule has 5 heteroatoms. The number of carbonyl (C=O) groups excluding carboxylic acids is 1. The zero-order valence-corrected chi connectivity index (χ0v) is 12.4. The van der Waals surface area contributed by atoms with Crippen molar-refractivity contribution in [3.8, 4) is 0 Å². The first-order valence-electron chi connectivity index (χ1n) is 7.36. The summed E-state index contributed by atoms with van der Waals surface area (Å²) < 4.78 is 0. The standard InChI is InChI=1S/C15H24N4O/c1-12-10-13(11-14(16-2)18-12)15(20)17-6-5-9-19-7-3-4-8-19/h10-11H,3-9H2,1-2H3,(H,16,18)(H,17,20). The van der Waals surface area contributed by atoms with Gasteiger partial charge in [0.05, 0.1) is 0 Å². The lowest BCUT2D eigenvalue weighted by atomic mass is 10.2. The monoisotopic (exact) mass is 276 g/mol. The van der Waals surface area contributed by atoms with E-state index in [2.05, 4.69) is 20.5 Å². The number of nitrogens with zero attached hydrogens (tertiary/aromatic N) is 2. The molecule has 1 aromatic rings. The van der Waals surface area contributed by atoms with E-state index < -0.39 is 0 Å². The minimum Gasteiger partial charge on any atom is -0.373 e. The Morgan fingerprint density at radius 2 is 2.10 bits per heavy atom. The summed E-state index contributed by atoms with van der Waals surface area (Å²) in [5.74, 6) is 0.709. The van der Waals surface area contributed by atoms with E-state index in [0.717, 1.165) is 31.0 Å². The van der Waals surface area contributed by atoms with E-state index in [9.17, 15) is 4.79 Å². The highest BCUT2D eigenvalue weighted by molar-refractivity contribution is 5.94. The zero-order valence-electron chi connectivity index (χ0n) is 12.4. The molecule has 1 aliphatic rings. The maximum absolute atomic E-state index is 12.1. The Kier molecular flexibility index (Phi) is 5.35. The molecule has 5 nitrogen and oxygen atoms in total. The van der Waals surface area contributed by atoms with Crippen LogP contribution in [0, 0.1) is 6.92 Å². The Morgan fingerprint density at radius 3 is 2.80 bits per heavy atom. The topological polar surface area (TPSA) is 57.3 Å². The molecule has 1 aromatic heterocycles. The summed E-state index contributed by atoms with van der Waals surface area (Å²) >= 11 is 0. The molecule has 2 heterocycles. The number of rotatable bonds is 6. The van der Waals surface area contributed by atoms with Crippen LogP contribution in [0.15, 0.2) is 12.1 Å². The molecule has 0 aromatic carbocycles. The van der Waals surface area contributed by atoms with Crippen LogP contribution in [0.5, 0.6) is 0 Å². The van der Waals surface area contributed by atoms with Gasteiger partial charge < -0.3 is 15.5 Å². The van der Waals surface area contributed by atoms with E-state index in [1.165, 1.54) is 25.9 Å². The number of aryl methyl sites for hydroxylation is 1. The second-order valence-corrected chi connectivity index (χ2v) is 5.29. The molecule has 0 saturated carbocycles. The highest BCUT2D eigenvalue weighted by Gasteiger charge is 2.11. The Morgan fingerprint density at radius 1 is 1.35 bits per heavy atom. The SMILES string of the molecule is CNc1cc(C(=O)NCCCN2CCCC2)cc(C)n1. The smallest absolute Gasteiger partial charge is 0.251 e. The van der Waals surface area contributed by atoms with E-state index in [4.69, 9.17) is 0 Å². The summed E-state index contributed by atoms with van der Waals surface area (Å²) in [4.78, 5) is 18.8. The first kappa shape index (κ1) is 14.8. The Bertz CT molecular complexity index is 455. The van der Waals surface area contributed by atoms with Gasteiger partial charge in [-0.3, -0.25) is 4.79 Å². The first-order chi connectivity index (χ1) is 9.69. The fourth-order valence-electron chi connectivity index (χ4n) is 2.54. The molecule has 0 atom stereocenters. The van der Waals surface area contributed by atoms with E-state index in [1.54, 1.807) is 13.1 Å². The quantitative estimate of drug-likeness (QED) is 0.776. The van der Waals surface area contributed by atoms with E-state index in [1.807, 2.05) is 13.0 Å². The lowest BCUT2D eigenvalue weighted by molar-refractivity contribution is 0.0952. The minimum atomic E-state index is -0.0200. The normalized spacial score (nSPS) is 15.3. The maximum Gasteiger partial charge on any atom is 0.251 e. The van der Waals surface area contributed by atoms with Gasteiger partial charge in [0.1, 0.15) is 5.82 Å². The molecule has 1 saturated heterocycles. The molecule has 0 unspecified atom stereocenters. The predicted octanol–water partition coefficient (Wildman–Crippen LogP) is 1.65. The molecule has 1 fully saturated rings. The second-order valence-electron chi connectivity index (χ2n) is 5.29. The van der Waals surface area contributed by atoms with Crippen molar-refractivity contribution < 1.29 is 4.79 Å². The average Bonchev–Trinajstić information content (AvgIpc) is 2.95. The van der Waals surface area contributed by atoms with Crippen molar-refractivity contribution in [2.24, 2.45) is 0 Å². The molecular weight excluding hydrogens is 252 g/mol. The highest BCUT2D eigenvalue weighted by Crippen LogP contribution is 2.10. The van der Waals surface area contributed by atoms with E-state index in [0.29, 0.717) is 5.56 Å². The third-order valence-electron chi connectivity index (χ3n) is 3.61. The van der Waals surface area contributed by atoms with E-state index >= 15 is 0 Å². The van der Waals surface area contributed by atoms with E-state index in [-0.39, 0.29) is 5.91 Å². The third-order valence-corrected chi connectivity index (χ3v) is 3.61. The molecule has 0 aliphatic carbocycles. The molecule has 0 spiro atoms. The number of pyridine rings is 1. The second kappa shape index (κ2) is 7.24. The van der Waals surface area contributed by atoms with Gasteiger partial charge >= 0.3 is 0 Å². The van der Waals surface area contributed by atoms with Gasteiger partial charge in [0.2, 0.25) is 0 Å². The average molecular weight is 276 g/mol. The van der Waals surface area contributed by atoms with Crippen LogP contribution in [0.2, 0.25) is 0 Å². The number of anilines is 1. The number of nitrogens with one attached hydrogen (secondary N) is 2. The summed E-state index contributed by atoms with van der Waals surface area (Å²) in [5.41, 5.74) is 1.52. The summed E-state index contributed by atoms with van der Waals surface area (Å²) in [7, 11) is 1.81. The lowest BCUT2D eigenvalue weighted by Crippen LogP contribution is -2.28. The molecule has 0 radical (unpaired) electrons. The Balaban J connectivity index is 1.77. The van der Waals surface area contributed by atoms with Crippen molar-refractivity contribution in [2.75, 3.05) is 38.5 Å². The highest BCUT2D eigenvalue weighted by atomic mass is 16.1. The molecule has 110 valence electrons. The first-order valence-corrected chi connectivity index (χ1v) is 7.36. The molecule has 2 N–H and O–H groups in total. The van der Waals surface area contributed by atoms with Crippen molar-refractivity contribution >= 4 is 11.7 Å². The van der Waals surface area contributed by atoms with Gasteiger partial charge in [0.25, 0.3) is 5.91 Å². The largest absolute Gasteiger partial charge is 0.373 e. The lowest BCUT2D eigenvalue weighted by Gasteiger charge is -2.14. The Hall–Kier alpha value is -1.62. The van der Waals surface area contributed by atoms with Crippen molar-refractivity contribution in [1.82, 2.24) is 15.2 Å². The van der Waals surface area contributed by atoms with Gasteiger partial charge in [-0.15, -0.1) is 0 Å². The van der Waals surface area contributed by atoms with Gasteiger partial charge in [-0.2, -0.15) is 0 Å². The van der Waals surface area contributed by atoms with Gasteiger partial charge in [0.15, 0.2) is 0 Å². The number of hydrogen-bond acceptors (Lipinski definition) is 4. The van der Waals surface area contributed by atoms with Crippen molar-refractivity contribution in [2.45, 2.75) is 26.2 Å². The van der Waals surface area contributed by atoms with Crippen molar-refractivity contribution in [3.63, 3.8) is 0 Å². The number of likely N-dealkylation sites (tertiary alicyclic amines) is 1. The summed E-state index contributed by atoms with van der Waals surface area (Å²) in [6.45, 7) is 6.13. The number of aromatic nitrogens is 1. The van der Waals surface area contributed by atoms with Gasteiger partial charge in [0, 0.05) is 24.8 Å². The van der Waals surface area contributed by atoms with Crippen LogP contribution in [0.3, 0.4) is 0 Å². The minimum absolute atomic E-state index is 0.0200. The molecule has 1 aliphatic heterocycles. The van der Waals surface area contributed by atoms with Crippen LogP contribution in [0.25, 0.3) is 0 Å². The molecule has 20 heavy (non-hydrogen) atoms. The van der Waals surface area contributed by atoms with Crippen LogP contribution in [0.4, 0.5) is 5.82 Å². The number of hydrogen-bond donors (Lipinski definition) is 2. The fraction of sp³-hybridized carbons (Fsp3) is 0.600.